The van der Waals surface area contributed by atoms with Gasteiger partial charge in [0.1, 0.15) is 12.6 Å². The van der Waals surface area contributed by atoms with Gasteiger partial charge in [0.25, 0.3) is 0 Å². The molecule has 0 spiro atoms. The Hall–Kier alpha value is -2.05. The van der Waals surface area contributed by atoms with E-state index in [1.54, 1.807) is 0 Å². The lowest BCUT2D eigenvalue weighted by Crippen LogP contribution is -2.37. The highest BCUT2D eigenvalue weighted by Gasteiger charge is 2.37. The van der Waals surface area contributed by atoms with Crippen LogP contribution in [-0.2, 0) is 19.1 Å². The third kappa shape index (κ3) is 3.47. The maximum atomic E-state index is 11.2. The Balaban J connectivity index is 2.43. The largest absolute Gasteiger partial charge is 0.465 e. The average molecular weight is 243 g/mol. The fourth-order valence-electron chi connectivity index (χ4n) is 1.39. The van der Waals surface area contributed by atoms with Crippen molar-refractivity contribution in [1.82, 2.24) is 4.90 Å². The van der Waals surface area contributed by atoms with Gasteiger partial charge in [0.05, 0.1) is 0 Å². The van der Waals surface area contributed by atoms with Crippen LogP contribution in [0.15, 0.2) is 12.7 Å². The van der Waals surface area contributed by atoms with E-state index in [9.17, 15) is 14.4 Å². The standard InChI is InChI=1S/C10H13NO6/c1-2-5-16-8(12)4-3-7-9(13)17-6-11(7)10(14)15/h2,7H,1,3-6H2,(H,14,15). The number of carbonyl (C=O) groups is 3. The van der Waals surface area contributed by atoms with Crippen molar-refractivity contribution in [1.29, 1.82) is 0 Å². The number of ether oxygens (including phenoxy) is 2. The van der Waals surface area contributed by atoms with Gasteiger partial charge in [-0.2, -0.15) is 0 Å². The van der Waals surface area contributed by atoms with Crippen LogP contribution in [0.1, 0.15) is 12.8 Å². The van der Waals surface area contributed by atoms with E-state index in [2.05, 4.69) is 11.3 Å². The van der Waals surface area contributed by atoms with Crippen molar-refractivity contribution in [2.45, 2.75) is 18.9 Å². The average Bonchev–Trinajstić information content (AvgIpc) is 2.65. The Morgan fingerprint density at radius 1 is 1.65 bits per heavy atom. The molecule has 1 aliphatic heterocycles. The monoisotopic (exact) mass is 243 g/mol. The smallest absolute Gasteiger partial charge is 0.410 e. The lowest BCUT2D eigenvalue weighted by molar-refractivity contribution is -0.143. The molecule has 1 rings (SSSR count). The predicted octanol–water partition coefficient (Wildman–Crippen LogP) is 0.359. The van der Waals surface area contributed by atoms with Crippen molar-refractivity contribution >= 4 is 18.0 Å². The van der Waals surface area contributed by atoms with Gasteiger partial charge in [-0.05, 0) is 6.42 Å². The summed E-state index contributed by atoms with van der Waals surface area (Å²) in [7, 11) is 0. The lowest BCUT2D eigenvalue weighted by atomic mass is 10.1. The maximum Gasteiger partial charge on any atom is 0.410 e. The highest BCUT2D eigenvalue weighted by Crippen LogP contribution is 2.16. The third-order valence-electron chi connectivity index (χ3n) is 2.22. The minimum Gasteiger partial charge on any atom is -0.465 e. The summed E-state index contributed by atoms with van der Waals surface area (Å²) in [6.45, 7) is 3.18. The fraction of sp³-hybridized carbons (Fsp3) is 0.500. The highest BCUT2D eigenvalue weighted by atomic mass is 16.6. The summed E-state index contributed by atoms with van der Waals surface area (Å²) in [4.78, 5) is 34.0. The van der Waals surface area contributed by atoms with E-state index >= 15 is 0 Å². The van der Waals surface area contributed by atoms with Crippen LogP contribution in [0, 0.1) is 0 Å². The van der Waals surface area contributed by atoms with Crippen LogP contribution in [0.4, 0.5) is 4.79 Å². The van der Waals surface area contributed by atoms with Crippen LogP contribution in [-0.4, -0.2) is 47.4 Å². The number of cyclic esters (lactones) is 1. The number of rotatable bonds is 5. The molecule has 1 fully saturated rings. The van der Waals surface area contributed by atoms with E-state index in [1.807, 2.05) is 0 Å². The van der Waals surface area contributed by atoms with Crippen LogP contribution in [0.5, 0.6) is 0 Å². The maximum absolute atomic E-state index is 11.2. The van der Waals surface area contributed by atoms with Crippen LogP contribution < -0.4 is 0 Å². The van der Waals surface area contributed by atoms with E-state index in [0.29, 0.717) is 0 Å². The molecule has 1 saturated heterocycles. The first-order chi connectivity index (χ1) is 8.06. The molecule has 1 aliphatic rings. The minimum absolute atomic E-state index is 0.0443. The first kappa shape index (κ1) is 13.0. The number of carbonyl (C=O) groups excluding carboxylic acids is 2. The Labute approximate surface area is 97.6 Å². The molecule has 7 heteroatoms. The molecule has 0 aromatic carbocycles. The first-order valence-corrected chi connectivity index (χ1v) is 4.99. The number of nitrogens with zero attached hydrogens (tertiary/aromatic N) is 1. The van der Waals surface area contributed by atoms with E-state index in [4.69, 9.17) is 9.84 Å². The van der Waals surface area contributed by atoms with Crippen molar-refractivity contribution in [2.75, 3.05) is 13.3 Å². The Kier molecular flexibility index (Phi) is 4.50. The van der Waals surface area contributed by atoms with E-state index in [0.717, 1.165) is 4.90 Å². The quantitative estimate of drug-likeness (QED) is 0.553. The molecule has 0 aromatic heterocycles. The molecule has 0 aromatic rings. The Morgan fingerprint density at radius 3 is 2.94 bits per heavy atom. The van der Waals surface area contributed by atoms with Gasteiger partial charge in [0.2, 0.25) is 0 Å². The number of hydrogen-bond donors (Lipinski definition) is 1. The molecular formula is C10H13NO6. The normalized spacial score (nSPS) is 18.7. The van der Waals surface area contributed by atoms with Gasteiger partial charge in [-0.25, -0.2) is 9.59 Å². The summed E-state index contributed by atoms with van der Waals surface area (Å²) < 4.78 is 9.30. The summed E-state index contributed by atoms with van der Waals surface area (Å²) in [6.07, 6.45) is 0.185. The molecular weight excluding hydrogens is 230 g/mol. The molecule has 94 valence electrons. The van der Waals surface area contributed by atoms with Gasteiger partial charge < -0.3 is 14.6 Å². The molecule has 1 N–H and O–H groups in total. The molecule has 0 radical (unpaired) electrons. The van der Waals surface area contributed by atoms with Gasteiger partial charge in [-0.3, -0.25) is 9.69 Å². The molecule has 0 aliphatic carbocycles. The van der Waals surface area contributed by atoms with Gasteiger partial charge in [0.15, 0.2) is 6.73 Å². The zero-order chi connectivity index (χ0) is 12.8. The molecule has 0 saturated carbocycles. The van der Waals surface area contributed by atoms with Crippen molar-refractivity contribution in [3.8, 4) is 0 Å². The predicted molar refractivity (Wildman–Crippen MR) is 55.0 cm³/mol. The lowest BCUT2D eigenvalue weighted by Gasteiger charge is -2.15. The van der Waals surface area contributed by atoms with Gasteiger partial charge in [-0.15, -0.1) is 0 Å². The van der Waals surface area contributed by atoms with Crippen LogP contribution in [0.3, 0.4) is 0 Å². The minimum atomic E-state index is -1.25. The van der Waals surface area contributed by atoms with Gasteiger partial charge in [0, 0.05) is 6.42 Å². The summed E-state index contributed by atoms with van der Waals surface area (Å²) in [5, 5.41) is 8.77. The third-order valence-corrected chi connectivity index (χ3v) is 2.22. The van der Waals surface area contributed by atoms with Crippen molar-refractivity contribution in [2.24, 2.45) is 0 Å². The first-order valence-electron chi connectivity index (χ1n) is 4.99. The van der Waals surface area contributed by atoms with Crippen molar-refractivity contribution in [3.05, 3.63) is 12.7 Å². The summed E-state index contributed by atoms with van der Waals surface area (Å²) in [5.41, 5.74) is 0. The second kappa shape index (κ2) is 5.88. The van der Waals surface area contributed by atoms with Crippen LogP contribution in [0.25, 0.3) is 0 Å². The summed E-state index contributed by atoms with van der Waals surface area (Å²) >= 11 is 0. The van der Waals surface area contributed by atoms with Gasteiger partial charge >= 0.3 is 18.0 Å². The molecule has 7 nitrogen and oxygen atoms in total. The zero-order valence-electron chi connectivity index (χ0n) is 9.13. The number of hydrogen-bond acceptors (Lipinski definition) is 5. The highest BCUT2D eigenvalue weighted by molar-refractivity contribution is 5.83. The SMILES string of the molecule is C=CCOC(=O)CCC1C(=O)OCN1C(=O)O. The number of amides is 1. The number of carboxylic acid groups (broad SMARTS) is 1. The molecule has 1 unspecified atom stereocenters. The summed E-state index contributed by atoms with van der Waals surface area (Å²) in [5.74, 6) is -1.14. The molecule has 17 heavy (non-hydrogen) atoms. The second-order valence-electron chi connectivity index (χ2n) is 3.37. The van der Waals surface area contributed by atoms with Crippen molar-refractivity contribution in [3.63, 3.8) is 0 Å². The molecule has 1 amide bonds. The second-order valence-corrected chi connectivity index (χ2v) is 3.37. The number of esters is 2. The van der Waals surface area contributed by atoms with E-state index in [1.165, 1.54) is 6.08 Å². The van der Waals surface area contributed by atoms with Crippen LogP contribution >= 0.6 is 0 Å². The van der Waals surface area contributed by atoms with Crippen molar-refractivity contribution < 1.29 is 29.0 Å². The Bertz CT molecular complexity index is 340. The van der Waals surface area contributed by atoms with E-state index in [-0.39, 0.29) is 26.2 Å². The van der Waals surface area contributed by atoms with Crippen LogP contribution in [0.2, 0.25) is 0 Å². The fourth-order valence-corrected chi connectivity index (χ4v) is 1.39. The molecule has 0 bridgehead atoms. The topological polar surface area (TPSA) is 93.1 Å². The zero-order valence-corrected chi connectivity index (χ0v) is 9.13. The summed E-state index contributed by atoms with van der Waals surface area (Å²) in [6, 6.07) is -0.927. The molecule has 1 atom stereocenters. The molecule has 1 heterocycles. The Morgan fingerprint density at radius 2 is 2.35 bits per heavy atom. The van der Waals surface area contributed by atoms with E-state index < -0.39 is 24.1 Å². The van der Waals surface area contributed by atoms with Gasteiger partial charge in [-0.1, -0.05) is 12.7 Å².